The first-order chi connectivity index (χ1) is 9.31. The van der Waals surface area contributed by atoms with Gasteiger partial charge in [0.25, 0.3) is 0 Å². The molecule has 3 heteroatoms. The molecule has 1 nitrogen and oxygen atoms in total. The van der Waals surface area contributed by atoms with Gasteiger partial charge in [0.15, 0.2) is 0 Å². The molecule has 2 aromatic carbocycles. The van der Waals surface area contributed by atoms with Gasteiger partial charge in [-0.1, -0.05) is 29.8 Å². The van der Waals surface area contributed by atoms with E-state index in [1.807, 2.05) is 32.0 Å². The summed E-state index contributed by atoms with van der Waals surface area (Å²) in [5, 5.41) is 0. The van der Waals surface area contributed by atoms with Crippen LogP contribution in [0.4, 0.5) is 8.78 Å². The van der Waals surface area contributed by atoms with E-state index in [9.17, 15) is 8.78 Å². The SMILES string of the molecule is Cc1ccc(C)c(C(C)(N)Cc2c(F)cccc2F)c1. The van der Waals surface area contributed by atoms with Crippen molar-refractivity contribution < 1.29 is 8.78 Å². The van der Waals surface area contributed by atoms with Crippen LogP contribution in [0.1, 0.15) is 29.2 Å². The van der Waals surface area contributed by atoms with Crippen LogP contribution in [-0.4, -0.2) is 0 Å². The molecule has 0 saturated heterocycles. The summed E-state index contributed by atoms with van der Waals surface area (Å²) in [6.07, 6.45) is 0.121. The zero-order valence-corrected chi connectivity index (χ0v) is 12.0. The van der Waals surface area contributed by atoms with Crippen molar-refractivity contribution in [2.45, 2.75) is 32.7 Å². The molecule has 1 unspecified atom stereocenters. The third kappa shape index (κ3) is 2.88. The van der Waals surface area contributed by atoms with Crippen LogP contribution >= 0.6 is 0 Å². The Morgan fingerprint density at radius 2 is 1.65 bits per heavy atom. The van der Waals surface area contributed by atoms with E-state index in [4.69, 9.17) is 5.73 Å². The largest absolute Gasteiger partial charge is 0.321 e. The molecular formula is C17H19F2N. The highest BCUT2D eigenvalue weighted by atomic mass is 19.1. The summed E-state index contributed by atoms with van der Waals surface area (Å²) < 4.78 is 27.6. The molecule has 0 spiro atoms. The summed E-state index contributed by atoms with van der Waals surface area (Å²) in [7, 11) is 0. The average Bonchev–Trinajstić information content (AvgIpc) is 2.37. The van der Waals surface area contributed by atoms with Gasteiger partial charge in [0, 0.05) is 17.5 Å². The fourth-order valence-electron chi connectivity index (χ4n) is 2.51. The summed E-state index contributed by atoms with van der Waals surface area (Å²) in [5.41, 5.74) is 8.59. The Kier molecular flexibility index (Phi) is 3.91. The first kappa shape index (κ1) is 14.7. The second kappa shape index (κ2) is 5.33. The van der Waals surface area contributed by atoms with Crippen LogP contribution in [0.25, 0.3) is 0 Å². The molecule has 0 amide bonds. The lowest BCUT2D eigenvalue weighted by Gasteiger charge is -2.28. The van der Waals surface area contributed by atoms with Crippen molar-refractivity contribution in [1.82, 2.24) is 0 Å². The van der Waals surface area contributed by atoms with E-state index in [0.29, 0.717) is 0 Å². The molecule has 0 aliphatic heterocycles. The maximum absolute atomic E-state index is 13.8. The molecule has 0 bridgehead atoms. The Morgan fingerprint density at radius 1 is 1.05 bits per heavy atom. The standard InChI is InChI=1S/C17H19F2N/c1-11-7-8-12(2)14(9-11)17(3,20)10-13-15(18)5-4-6-16(13)19/h4-9H,10,20H2,1-3H3. The highest BCUT2D eigenvalue weighted by Gasteiger charge is 2.26. The topological polar surface area (TPSA) is 26.0 Å². The number of rotatable bonds is 3. The van der Waals surface area contributed by atoms with Gasteiger partial charge in [0.2, 0.25) is 0 Å². The fourth-order valence-corrected chi connectivity index (χ4v) is 2.51. The molecule has 0 radical (unpaired) electrons. The molecule has 2 rings (SSSR count). The number of hydrogen-bond donors (Lipinski definition) is 1. The van der Waals surface area contributed by atoms with Crippen molar-refractivity contribution in [3.05, 3.63) is 70.3 Å². The van der Waals surface area contributed by atoms with E-state index in [1.165, 1.54) is 18.2 Å². The maximum Gasteiger partial charge on any atom is 0.129 e. The van der Waals surface area contributed by atoms with Gasteiger partial charge in [-0.3, -0.25) is 0 Å². The lowest BCUT2D eigenvalue weighted by atomic mass is 9.83. The number of nitrogens with two attached hydrogens (primary N) is 1. The third-order valence-corrected chi connectivity index (χ3v) is 3.61. The molecular weight excluding hydrogens is 256 g/mol. The number of halogens is 2. The van der Waals surface area contributed by atoms with E-state index in [-0.39, 0.29) is 12.0 Å². The molecule has 0 aliphatic rings. The lowest BCUT2D eigenvalue weighted by Crippen LogP contribution is -2.37. The Bertz CT molecular complexity index is 613. The van der Waals surface area contributed by atoms with Gasteiger partial charge >= 0.3 is 0 Å². The molecule has 2 N–H and O–H groups in total. The molecule has 0 heterocycles. The van der Waals surface area contributed by atoms with Gasteiger partial charge in [0.05, 0.1) is 0 Å². The third-order valence-electron chi connectivity index (χ3n) is 3.61. The summed E-state index contributed by atoms with van der Waals surface area (Å²) >= 11 is 0. The molecule has 0 fully saturated rings. The molecule has 1 atom stereocenters. The summed E-state index contributed by atoms with van der Waals surface area (Å²) in [4.78, 5) is 0. The zero-order valence-electron chi connectivity index (χ0n) is 12.0. The minimum atomic E-state index is -0.820. The van der Waals surface area contributed by atoms with E-state index in [1.54, 1.807) is 6.92 Å². The van der Waals surface area contributed by atoms with Gasteiger partial charge in [-0.2, -0.15) is 0 Å². The van der Waals surface area contributed by atoms with Crippen LogP contribution in [-0.2, 0) is 12.0 Å². The molecule has 106 valence electrons. The molecule has 0 saturated carbocycles. The van der Waals surface area contributed by atoms with Crippen molar-refractivity contribution in [3.63, 3.8) is 0 Å². The lowest BCUT2D eigenvalue weighted by molar-refractivity contribution is 0.453. The molecule has 20 heavy (non-hydrogen) atoms. The Labute approximate surface area is 118 Å². The predicted molar refractivity (Wildman–Crippen MR) is 77.5 cm³/mol. The number of aryl methyl sites for hydroxylation is 2. The Balaban J connectivity index is 2.43. The summed E-state index contributed by atoms with van der Waals surface area (Å²) in [6, 6.07) is 9.84. The van der Waals surface area contributed by atoms with E-state index in [0.717, 1.165) is 16.7 Å². The van der Waals surface area contributed by atoms with Crippen molar-refractivity contribution in [2.24, 2.45) is 5.73 Å². The Morgan fingerprint density at radius 3 is 2.25 bits per heavy atom. The van der Waals surface area contributed by atoms with Gasteiger partial charge in [-0.15, -0.1) is 0 Å². The molecule has 0 aromatic heterocycles. The zero-order chi connectivity index (χ0) is 14.9. The summed E-state index contributed by atoms with van der Waals surface area (Å²) in [6.45, 7) is 5.74. The number of benzene rings is 2. The second-order valence-corrected chi connectivity index (χ2v) is 5.61. The first-order valence-corrected chi connectivity index (χ1v) is 6.61. The average molecular weight is 275 g/mol. The maximum atomic E-state index is 13.8. The van der Waals surface area contributed by atoms with Crippen LogP contribution in [0.5, 0.6) is 0 Å². The van der Waals surface area contributed by atoms with Gasteiger partial charge in [0.1, 0.15) is 11.6 Å². The van der Waals surface area contributed by atoms with Crippen LogP contribution in [0, 0.1) is 25.5 Å². The minimum absolute atomic E-state index is 0.0402. The smallest absolute Gasteiger partial charge is 0.129 e. The number of hydrogen-bond acceptors (Lipinski definition) is 1. The van der Waals surface area contributed by atoms with E-state index in [2.05, 4.69) is 0 Å². The van der Waals surface area contributed by atoms with E-state index < -0.39 is 17.2 Å². The van der Waals surface area contributed by atoms with Crippen molar-refractivity contribution in [1.29, 1.82) is 0 Å². The van der Waals surface area contributed by atoms with Crippen LogP contribution in [0.15, 0.2) is 36.4 Å². The van der Waals surface area contributed by atoms with Crippen LogP contribution < -0.4 is 5.73 Å². The highest BCUT2D eigenvalue weighted by Crippen LogP contribution is 2.28. The normalized spacial score (nSPS) is 14.1. The fraction of sp³-hybridized carbons (Fsp3) is 0.294. The minimum Gasteiger partial charge on any atom is -0.321 e. The van der Waals surface area contributed by atoms with Gasteiger partial charge in [-0.05, 0) is 44.0 Å². The summed E-state index contributed by atoms with van der Waals surface area (Å²) in [5.74, 6) is -1.10. The molecule has 0 aliphatic carbocycles. The second-order valence-electron chi connectivity index (χ2n) is 5.61. The monoisotopic (exact) mass is 275 g/mol. The van der Waals surface area contributed by atoms with Crippen LogP contribution in [0.2, 0.25) is 0 Å². The first-order valence-electron chi connectivity index (χ1n) is 6.61. The van der Waals surface area contributed by atoms with Crippen molar-refractivity contribution in [2.75, 3.05) is 0 Å². The quantitative estimate of drug-likeness (QED) is 0.900. The predicted octanol–water partition coefficient (Wildman–Crippen LogP) is 4.00. The highest BCUT2D eigenvalue weighted by molar-refractivity contribution is 5.37. The van der Waals surface area contributed by atoms with Gasteiger partial charge < -0.3 is 5.73 Å². The van der Waals surface area contributed by atoms with E-state index >= 15 is 0 Å². The molecule has 2 aromatic rings. The van der Waals surface area contributed by atoms with Crippen molar-refractivity contribution in [3.8, 4) is 0 Å². The Hall–Kier alpha value is -1.74. The van der Waals surface area contributed by atoms with Crippen LogP contribution in [0.3, 0.4) is 0 Å². The van der Waals surface area contributed by atoms with Gasteiger partial charge in [-0.25, -0.2) is 8.78 Å². The van der Waals surface area contributed by atoms with Crippen molar-refractivity contribution >= 4 is 0 Å².